The lowest BCUT2D eigenvalue weighted by Crippen LogP contribution is -2.09. The third-order valence-corrected chi connectivity index (χ3v) is 3.39. The molecule has 18 heavy (non-hydrogen) atoms. The van der Waals surface area contributed by atoms with Crippen molar-refractivity contribution >= 4 is 20.7 Å². The number of rotatable bonds is 5. The van der Waals surface area contributed by atoms with E-state index in [1.807, 2.05) is 24.3 Å². The van der Waals surface area contributed by atoms with Crippen LogP contribution < -0.4 is 4.74 Å². The zero-order valence-corrected chi connectivity index (χ0v) is 10.9. The second kappa shape index (κ2) is 5.30. The van der Waals surface area contributed by atoms with Crippen molar-refractivity contribution in [3.63, 3.8) is 0 Å². The second-order valence-electron chi connectivity index (χ2n) is 4.04. The van der Waals surface area contributed by atoms with Gasteiger partial charge in [-0.15, -0.1) is 0 Å². The predicted molar refractivity (Wildman–Crippen MR) is 69.4 cm³/mol. The maximum atomic E-state index is 10.9. The van der Waals surface area contributed by atoms with Gasteiger partial charge in [-0.25, -0.2) is 13.4 Å². The first-order valence-electron chi connectivity index (χ1n) is 5.57. The van der Waals surface area contributed by atoms with E-state index in [4.69, 9.17) is 4.74 Å². The van der Waals surface area contributed by atoms with Gasteiger partial charge in [-0.05, 0) is 12.5 Å². The highest BCUT2D eigenvalue weighted by atomic mass is 32.2. The van der Waals surface area contributed by atoms with Gasteiger partial charge in [0.1, 0.15) is 9.84 Å². The Morgan fingerprint density at radius 1 is 1.28 bits per heavy atom. The monoisotopic (exact) mass is 266 g/mol. The molecule has 2 aromatic rings. The first-order valence-corrected chi connectivity index (χ1v) is 7.63. The molecule has 1 heterocycles. The zero-order valence-electron chi connectivity index (χ0n) is 10.0. The van der Waals surface area contributed by atoms with Crippen molar-refractivity contribution in [2.45, 2.75) is 6.42 Å². The van der Waals surface area contributed by atoms with Crippen LogP contribution in [0.3, 0.4) is 0 Å². The number of aromatic nitrogens is 2. The number of ether oxygens (including phenoxy) is 1. The molecule has 0 amide bonds. The van der Waals surface area contributed by atoms with Crippen molar-refractivity contribution in [3.8, 4) is 6.01 Å². The van der Waals surface area contributed by atoms with Gasteiger partial charge in [0.25, 0.3) is 0 Å². The van der Waals surface area contributed by atoms with Crippen molar-refractivity contribution in [3.05, 3.63) is 30.5 Å². The molecular weight excluding hydrogens is 252 g/mol. The van der Waals surface area contributed by atoms with E-state index in [1.165, 1.54) is 6.26 Å². The Morgan fingerprint density at radius 2 is 2.06 bits per heavy atom. The van der Waals surface area contributed by atoms with Crippen LogP contribution in [0.5, 0.6) is 6.01 Å². The van der Waals surface area contributed by atoms with E-state index < -0.39 is 9.84 Å². The van der Waals surface area contributed by atoms with Gasteiger partial charge in [-0.2, -0.15) is 4.98 Å². The topological polar surface area (TPSA) is 69.2 Å². The number of hydrogen-bond donors (Lipinski definition) is 0. The molecule has 0 aliphatic rings. The van der Waals surface area contributed by atoms with Crippen LogP contribution in [0.15, 0.2) is 30.5 Å². The molecule has 2 rings (SSSR count). The smallest absolute Gasteiger partial charge is 0.316 e. The molecule has 1 aromatic heterocycles. The summed E-state index contributed by atoms with van der Waals surface area (Å²) in [5.41, 5.74) is 0.811. The number of para-hydroxylation sites is 1. The van der Waals surface area contributed by atoms with Gasteiger partial charge in [0.2, 0.25) is 0 Å². The minimum Gasteiger partial charge on any atom is -0.463 e. The maximum Gasteiger partial charge on any atom is 0.316 e. The normalized spacial score (nSPS) is 11.6. The van der Waals surface area contributed by atoms with Crippen LogP contribution in [0, 0.1) is 0 Å². The van der Waals surface area contributed by atoms with Crippen molar-refractivity contribution in [1.29, 1.82) is 0 Å². The van der Waals surface area contributed by atoms with E-state index in [9.17, 15) is 8.42 Å². The van der Waals surface area contributed by atoms with Crippen LogP contribution in [0.25, 0.3) is 10.9 Å². The Kier molecular flexibility index (Phi) is 3.76. The maximum absolute atomic E-state index is 10.9. The quantitative estimate of drug-likeness (QED) is 0.766. The largest absolute Gasteiger partial charge is 0.463 e. The fourth-order valence-electron chi connectivity index (χ4n) is 1.51. The molecule has 0 radical (unpaired) electrons. The minimum absolute atomic E-state index is 0.112. The Labute approximate surface area is 106 Å². The molecule has 0 unspecified atom stereocenters. The zero-order chi connectivity index (χ0) is 13.0. The summed E-state index contributed by atoms with van der Waals surface area (Å²) in [6.45, 7) is 0.297. The predicted octanol–water partition coefficient (Wildman–Crippen LogP) is 1.44. The molecule has 0 saturated heterocycles. The SMILES string of the molecule is CS(=O)(=O)CCCOc1ncc2ccccc2n1. The number of sulfone groups is 1. The van der Waals surface area contributed by atoms with E-state index in [1.54, 1.807) is 6.20 Å². The van der Waals surface area contributed by atoms with Crippen molar-refractivity contribution < 1.29 is 13.2 Å². The number of benzene rings is 1. The first-order chi connectivity index (χ1) is 8.54. The molecule has 0 N–H and O–H groups in total. The molecular formula is C12H14N2O3S. The van der Waals surface area contributed by atoms with E-state index in [2.05, 4.69) is 9.97 Å². The number of nitrogens with zero attached hydrogens (tertiary/aromatic N) is 2. The number of hydrogen-bond acceptors (Lipinski definition) is 5. The number of fused-ring (bicyclic) bond motifs is 1. The van der Waals surface area contributed by atoms with Crippen LogP contribution in [0.1, 0.15) is 6.42 Å². The van der Waals surface area contributed by atoms with E-state index >= 15 is 0 Å². The summed E-state index contributed by atoms with van der Waals surface area (Å²) in [5, 5.41) is 0.945. The molecule has 0 fully saturated rings. The van der Waals surface area contributed by atoms with E-state index in [0.29, 0.717) is 13.0 Å². The average Bonchev–Trinajstić information content (AvgIpc) is 2.33. The van der Waals surface area contributed by atoms with Gasteiger partial charge in [-0.3, -0.25) is 0 Å². The third kappa shape index (κ3) is 3.66. The Bertz CT molecular complexity index is 641. The lowest BCUT2D eigenvalue weighted by Gasteiger charge is -2.04. The minimum atomic E-state index is -2.93. The van der Waals surface area contributed by atoms with Gasteiger partial charge in [-0.1, -0.05) is 18.2 Å². The molecule has 0 spiro atoms. The highest BCUT2D eigenvalue weighted by molar-refractivity contribution is 7.90. The van der Waals surface area contributed by atoms with Crippen molar-refractivity contribution in [2.24, 2.45) is 0 Å². The second-order valence-corrected chi connectivity index (χ2v) is 6.30. The van der Waals surface area contributed by atoms with Gasteiger partial charge in [0, 0.05) is 17.8 Å². The Hall–Kier alpha value is -1.69. The molecule has 96 valence electrons. The molecule has 1 aromatic carbocycles. The summed E-state index contributed by atoms with van der Waals surface area (Å²) < 4.78 is 27.2. The van der Waals surface area contributed by atoms with Crippen LogP contribution >= 0.6 is 0 Å². The van der Waals surface area contributed by atoms with E-state index in [-0.39, 0.29) is 11.8 Å². The standard InChI is InChI=1S/C12H14N2O3S/c1-18(15,16)8-4-7-17-12-13-9-10-5-2-3-6-11(10)14-12/h2-3,5-6,9H,4,7-8H2,1H3. The summed E-state index contributed by atoms with van der Waals surface area (Å²) in [7, 11) is -2.93. The average molecular weight is 266 g/mol. The van der Waals surface area contributed by atoms with Gasteiger partial charge in [0.15, 0.2) is 0 Å². The lowest BCUT2D eigenvalue weighted by atomic mass is 10.2. The highest BCUT2D eigenvalue weighted by Gasteiger charge is 2.03. The van der Waals surface area contributed by atoms with E-state index in [0.717, 1.165) is 10.9 Å². The molecule has 0 aliphatic carbocycles. The first kappa shape index (κ1) is 12.8. The van der Waals surface area contributed by atoms with Crippen LogP contribution in [-0.4, -0.2) is 37.0 Å². The van der Waals surface area contributed by atoms with Gasteiger partial charge in [0.05, 0.1) is 17.9 Å². The van der Waals surface area contributed by atoms with Crippen molar-refractivity contribution in [1.82, 2.24) is 9.97 Å². The molecule has 0 bridgehead atoms. The summed E-state index contributed by atoms with van der Waals surface area (Å²) in [5.74, 6) is 0.112. The summed E-state index contributed by atoms with van der Waals surface area (Å²) in [6.07, 6.45) is 3.34. The molecule has 0 atom stereocenters. The van der Waals surface area contributed by atoms with Crippen LogP contribution in [0.2, 0.25) is 0 Å². The summed E-state index contributed by atoms with van der Waals surface area (Å²) in [4.78, 5) is 8.28. The van der Waals surface area contributed by atoms with Crippen LogP contribution in [0.4, 0.5) is 0 Å². The summed E-state index contributed by atoms with van der Waals surface area (Å²) in [6, 6.07) is 7.88. The lowest BCUT2D eigenvalue weighted by molar-refractivity contribution is 0.294. The molecule has 6 heteroatoms. The fraction of sp³-hybridized carbons (Fsp3) is 0.333. The summed E-state index contributed by atoms with van der Waals surface area (Å²) >= 11 is 0. The molecule has 0 aliphatic heterocycles. The Morgan fingerprint density at radius 3 is 2.83 bits per heavy atom. The fourth-order valence-corrected chi connectivity index (χ4v) is 2.15. The Balaban J connectivity index is 1.96. The van der Waals surface area contributed by atoms with Crippen molar-refractivity contribution in [2.75, 3.05) is 18.6 Å². The third-order valence-electron chi connectivity index (χ3n) is 2.36. The molecule has 0 saturated carbocycles. The van der Waals surface area contributed by atoms with Crippen LogP contribution in [-0.2, 0) is 9.84 Å². The van der Waals surface area contributed by atoms with Gasteiger partial charge < -0.3 is 4.74 Å². The molecule has 5 nitrogen and oxygen atoms in total. The highest BCUT2D eigenvalue weighted by Crippen LogP contribution is 2.12. The van der Waals surface area contributed by atoms with Gasteiger partial charge >= 0.3 is 6.01 Å².